The number of hydrogen-bond donors (Lipinski definition) is 1. The van der Waals surface area contributed by atoms with Crippen LogP contribution in [0.25, 0.3) is 0 Å². The second-order valence-electron chi connectivity index (χ2n) is 4.82. The van der Waals surface area contributed by atoms with E-state index in [0.717, 1.165) is 25.1 Å². The number of rotatable bonds is 3. The third-order valence-corrected chi connectivity index (χ3v) is 3.49. The Bertz CT molecular complexity index is 415. The average molecular weight is 247 g/mol. The largest absolute Gasteiger partial charge is 0.461 e. The molecule has 2 heterocycles. The van der Waals surface area contributed by atoms with Crippen LogP contribution in [0.15, 0.2) is 24.3 Å². The molecule has 96 valence electrons. The van der Waals surface area contributed by atoms with Crippen molar-refractivity contribution in [3.8, 4) is 0 Å². The highest BCUT2D eigenvalue weighted by atomic mass is 16.6. The van der Waals surface area contributed by atoms with Crippen LogP contribution in [-0.4, -0.2) is 31.3 Å². The molecule has 0 aliphatic carbocycles. The fourth-order valence-electron chi connectivity index (χ4n) is 2.49. The van der Waals surface area contributed by atoms with Crippen LogP contribution in [0, 0.1) is 0 Å². The average Bonchev–Trinajstić information content (AvgIpc) is 3.04. The van der Waals surface area contributed by atoms with Gasteiger partial charge in [-0.2, -0.15) is 0 Å². The minimum atomic E-state index is -0.246. The molecule has 1 aromatic carbocycles. The molecule has 0 amide bonds. The number of anilines is 1. The number of esters is 1. The molecular weight excluding hydrogens is 230 g/mol. The number of hydrogen-bond acceptors (Lipinski definition) is 4. The summed E-state index contributed by atoms with van der Waals surface area (Å²) in [5.41, 5.74) is 2.22. The highest BCUT2D eigenvalue weighted by molar-refractivity contribution is 5.82. The van der Waals surface area contributed by atoms with Crippen LogP contribution in [0.4, 0.5) is 5.69 Å². The first kappa shape index (κ1) is 11.5. The fourth-order valence-corrected chi connectivity index (χ4v) is 2.49. The van der Waals surface area contributed by atoms with E-state index in [-0.39, 0.29) is 18.1 Å². The van der Waals surface area contributed by atoms with Crippen LogP contribution in [0.5, 0.6) is 0 Å². The van der Waals surface area contributed by atoms with Gasteiger partial charge < -0.3 is 14.8 Å². The normalized spacial score (nSPS) is 25.6. The molecule has 1 unspecified atom stereocenters. The predicted molar refractivity (Wildman–Crippen MR) is 67.5 cm³/mol. The Balaban J connectivity index is 1.52. The lowest BCUT2D eigenvalue weighted by atomic mass is 10.1. The smallest absolute Gasteiger partial charge is 0.328 e. The predicted octanol–water partition coefficient (Wildman–Crippen LogP) is 1.75. The minimum absolute atomic E-state index is 0.0951. The summed E-state index contributed by atoms with van der Waals surface area (Å²) in [6.45, 7) is 1.17. The van der Waals surface area contributed by atoms with Crippen molar-refractivity contribution in [1.29, 1.82) is 0 Å². The summed E-state index contributed by atoms with van der Waals surface area (Å²) in [5, 5.41) is 3.19. The molecule has 1 aromatic rings. The number of nitrogens with one attached hydrogen (secondary N) is 1. The molecule has 0 saturated carbocycles. The summed E-state index contributed by atoms with van der Waals surface area (Å²) < 4.78 is 10.7. The third-order valence-electron chi connectivity index (χ3n) is 3.49. The van der Waals surface area contributed by atoms with Gasteiger partial charge in [0.2, 0.25) is 0 Å². The topological polar surface area (TPSA) is 47.6 Å². The van der Waals surface area contributed by atoms with Gasteiger partial charge in [0.1, 0.15) is 12.6 Å². The van der Waals surface area contributed by atoms with E-state index in [1.54, 1.807) is 0 Å². The number of benzene rings is 1. The molecule has 2 aliphatic heterocycles. The molecule has 1 saturated heterocycles. The van der Waals surface area contributed by atoms with Crippen molar-refractivity contribution in [2.24, 2.45) is 0 Å². The van der Waals surface area contributed by atoms with E-state index < -0.39 is 0 Å². The number of para-hydroxylation sites is 1. The molecule has 0 spiro atoms. The van der Waals surface area contributed by atoms with Crippen LogP contribution in [0.2, 0.25) is 0 Å². The summed E-state index contributed by atoms with van der Waals surface area (Å²) >= 11 is 0. The van der Waals surface area contributed by atoms with Gasteiger partial charge in [0.15, 0.2) is 0 Å². The van der Waals surface area contributed by atoms with E-state index in [0.29, 0.717) is 13.0 Å². The van der Waals surface area contributed by atoms with Gasteiger partial charge in [-0.1, -0.05) is 18.2 Å². The number of carbonyl (C=O) groups is 1. The van der Waals surface area contributed by atoms with Crippen molar-refractivity contribution < 1.29 is 14.3 Å². The molecule has 3 rings (SSSR count). The summed E-state index contributed by atoms with van der Waals surface area (Å²) in [6, 6.07) is 7.73. The molecule has 1 fully saturated rings. The van der Waals surface area contributed by atoms with E-state index in [4.69, 9.17) is 9.47 Å². The van der Waals surface area contributed by atoms with Crippen LogP contribution in [0.1, 0.15) is 18.4 Å². The van der Waals surface area contributed by atoms with Gasteiger partial charge in [-0.3, -0.25) is 0 Å². The number of ether oxygens (including phenoxy) is 2. The Morgan fingerprint density at radius 2 is 2.33 bits per heavy atom. The molecule has 4 heteroatoms. The first-order chi connectivity index (χ1) is 8.83. The van der Waals surface area contributed by atoms with Crippen LogP contribution in [0.3, 0.4) is 0 Å². The lowest BCUT2D eigenvalue weighted by molar-refractivity contribution is -0.147. The lowest BCUT2D eigenvalue weighted by Crippen LogP contribution is -2.31. The quantitative estimate of drug-likeness (QED) is 0.827. The molecular formula is C14H17NO3. The Morgan fingerprint density at radius 1 is 1.44 bits per heavy atom. The molecule has 2 aliphatic rings. The zero-order valence-corrected chi connectivity index (χ0v) is 10.2. The zero-order chi connectivity index (χ0) is 12.4. The van der Waals surface area contributed by atoms with E-state index in [9.17, 15) is 4.79 Å². The second kappa shape index (κ2) is 4.98. The van der Waals surface area contributed by atoms with Crippen LogP contribution in [-0.2, 0) is 20.7 Å². The summed E-state index contributed by atoms with van der Waals surface area (Å²) in [5.74, 6) is -0.179. The van der Waals surface area contributed by atoms with Crippen molar-refractivity contribution in [1.82, 2.24) is 0 Å². The highest BCUT2D eigenvalue weighted by Gasteiger charge is 2.28. The van der Waals surface area contributed by atoms with Crippen molar-refractivity contribution in [2.45, 2.75) is 31.4 Å². The van der Waals surface area contributed by atoms with Gasteiger partial charge in [-0.15, -0.1) is 0 Å². The standard InChI is InChI=1S/C14H17NO3/c16-14(18-9-11-5-3-7-17-11)13-8-10-4-1-2-6-12(10)15-13/h1-2,4,6,11,13,15H,3,5,7-9H2/t11?,13-/m0/s1. The van der Waals surface area contributed by atoms with Crippen molar-refractivity contribution in [3.63, 3.8) is 0 Å². The van der Waals surface area contributed by atoms with E-state index in [1.807, 2.05) is 24.3 Å². The van der Waals surface area contributed by atoms with E-state index in [2.05, 4.69) is 5.32 Å². The second-order valence-corrected chi connectivity index (χ2v) is 4.82. The summed E-state index contributed by atoms with van der Waals surface area (Å²) in [7, 11) is 0. The Morgan fingerprint density at radius 3 is 3.11 bits per heavy atom. The molecule has 18 heavy (non-hydrogen) atoms. The van der Waals surface area contributed by atoms with Crippen molar-refractivity contribution >= 4 is 11.7 Å². The van der Waals surface area contributed by atoms with Gasteiger partial charge >= 0.3 is 5.97 Å². The highest BCUT2D eigenvalue weighted by Crippen LogP contribution is 2.25. The molecule has 0 aromatic heterocycles. The monoisotopic (exact) mass is 247 g/mol. The molecule has 0 bridgehead atoms. The molecule has 1 N–H and O–H groups in total. The number of fused-ring (bicyclic) bond motifs is 1. The third kappa shape index (κ3) is 2.34. The van der Waals surface area contributed by atoms with Crippen LogP contribution >= 0.6 is 0 Å². The van der Waals surface area contributed by atoms with Crippen molar-refractivity contribution in [3.05, 3.63) is 29.8 Å². The molecule has 4 nitrogen and oxygen atoms in total. The van der Waals surface area contributed by atoms with Gasteiger partial charge in [-0.05, 0) is 24.5 Å². The van der Waals surface area contributed by atoms with Gasteiger partial charge in [0, 0.05) is 18.7 Å². The maximum Gasteiger partial charge on any atom is 0.328 e. The SMILES string of the molecule is O=C(OCC1CCCO1)[C@@H]1Cc2ccccc2N1. The van der Waals surface area contributed by atoms with Crippen molar-refractivity contribution in [2.75, 3.05) is 18.5 Å². The summed E-state index contributed by atoms with van der Waals surface area (Å²) in [4.78, 5) is 11.9. The Labute approximate surface area is 106 Å². The minimum Gasteiger partial charge on any atom is -0.461 e. The van der Waals surface area contributed by atoms with Gasteiger partial charge in [0.25, 0.3) is 0 Å². The fraction of sp³-hybridized carbons (Fsp3) is 0.500. The maximum atomic E-state index is 11.9. The van der Waals surface area contributed by atoms with E-state index >= 15 is 0 Å². The van der Waals surface area contributed by atoms with Gasteiger partial charge in [0.05, 0.1) is 6.10 Å². The summed E-state index contributed by atoms with van der Waals surface area (Å²) in [6.07, 6.45) is 2.86. The number of carbonyl (C=O) groups excluding carboxylic acids is 1. The van der Waals surface area contributed by atoms with Gasteiger partial charge in [-0.25, -0.2) is 4.79 Å². The Hall–Kier alpha value is -1.55. The first-order valence-corrected chi connectivity index (χ1v) is 6.45. The maximum absolute atomic E-state index is 11.9. The molecule has 2 atom stereocenters. The van der Waals surface area contributed by atoms with E-state index in [1.165, 1.54) is 5.56 Å². The molecule has 0 radical (unpaired) electrons. The first-order valence-electron chi connectivity index (χ1n) is 6.45. The Kier molecular flexibility index (Phi) is 3.19. The lowest BCUT2D eigenvalue weighted by Gasteiger charge is -2.14. The zero-order valence-electron chi connectivity index (χ0n) is 10.2. The van der Waals surface area contributed by atoms with Crippen LogP contribution < -0.4 is 5.32 Å².